The minimum absolute atomic E-state index is 0.0135. The van der Waals surface area contributed by atoms with Crippen LogP contribution in [0.4, 0.5) is 11.4 Å². The number of carbonyl (C=O) groups excluding carboxylic acids is 4. The monoisotopic (exact) mass is 370 g/mol. The van der Waals surface area contributed by atoms with E-state index in [4.69, 9.17) is 9.47 Å². The Labute approximate surface area is 155 Å². The number of Topliss-reactive ketones (excluding diaryl/α,β-unsaturated/α-hetero) is 2. The summed E-state index contributed by atoms with van der Waals surface area (Å²) in [7, 11) is 2.48. The molecule has 0 spiro atoms. The second-order valence-electron chi connectivity index (χ2n) is 6.10. The van der Waals surface area contributed by atoms with Crippen LogP contribution in [-0.4, -0.2) is 37.6 Å². The quantitative estimate of drug-likeness (QED) is 0.614. The number of carbonyl (C=O) groups is 4. The molecule has 0 fully saturated rings. The van der Waals surface area contributed by atoms with Crippen LogP contribution >= 0.6 is 0 Å². The molecule has 0 bridgehead atoms. The number of benzene rings is 1. The molecule has 2 aliphatic rings. The van der Waals surface area contributed by atoms with Crippen LogP contribution in [0.3, 0.4) is 0 Å². The highest BCUT2D eigenvalue weighted by Gasteiger charge is 2.38. The molecule has 1 aliphatic heterocycles. The third-order valence-electron chi connectivity index (χ3n) is 4.46. The number of aryl methyl sites for hydroxylation is 1. The summed E-state index contributed by atoms with van der Waals surface area (Å²) in [6.07, 6.45) is 0.918. The number of hydrogen-bond acceptors (Lipinski definition) is 6. The summed E-state index contributed by atoms with van der Waals surface area (Å²) in [5.74, 6) is -2.58. The molecule has 1 aromatic carbocycles. The van der Waals surface area contributed by atoms with Gasteiger partial charge in [0.1, 0.15) is 0 Å². The van der Waals surface area contributed by atoms with Gasteiger partial charge in [-0.05, 0) is 37.1 Å². The molecule has 140 valence electrons. The van der Waals surface area contributed by atoms with E-state index in [1.807, 2.05) is 0 Å². The maximum atomic E-state index is 12.7. The lowest BCUT2D eigenvalue weighted by Gasteiger charge is -2.20. The van der Waals surface area contributed by atoms with Crippen molar-refractivity contribution >= 4 is 34.8 Å². The van der Waals surface area contributed by atoms with Crippen LogP contribution in [0.1, 0.15) is 18.9 Å². The number of hydrogen-bond donors (Lipinski definition) is 2. The van der Waals surface area contributed by atoms with Crippen molar-refractivity contribution in [1.29, 1.82) is 0 Å². The molecule has 0 unspecified atom stereocenters. The first-order valence-electron chi connectivity index (χ1n) is 8.24. The Balaban J connectivity index is 1.88. The zero-order valence-corrected chi connectivity index (χ0v) is 15.1. The summed E-state index contributed by atoms with van der Waals surface area (Å²) >= 11 is 0. The number of fused-ring (bicyclic) bond motifs is 1. The summed E-state index contributed by atoms with van der Waals surface area (Å²) in [5, 5.41) is 5.38. The van der Waals surface area contributed by atoms with Gasteiger partial charge < -0.3 is 20.1 Å². The molecule has 0 atom stereocenters. The normalized spacial score (nSPS) is 16.8. The van der Waals surface area contributed by atoms with Crippen LogP contribution in [-0.2, 0) is 35.1 Å². The predicted octanol–water partition coefficient (Wildman–Crippen LogP) is 1.48. The fraction of sp³-hybridized carbons (Fsp3) is 0.263. The van der Waals surface area contributed by atoms with Crippen LogP contribution in [0.5, 0.6) is 0 Å². The van der Waals surface area contributed by atoms with Crippen molar-refractivity contribution in [2.45, 2.75) is 19.8 Å². The molecule has 27 heavy (non-hydrogen) atoms. The second kappa shape index (κ2) is 7.06. The van der Waals surface area contributed by atoms with Crippen molar-refractivity contribution in [3.63, 3.8) is 0 Å². The number of ether oxygens (including phenoxy) is 2. The van der Waals surface area contributed by atoms with Crippen LogP contribution in [0.15, 0.2) is 40.9 Å². The fourth-order valence-electron chi connectivity index (χ4n) is 3.07. The Morgan fingerprint density at radius 1 is 1.04 bits per heavy atom. The van der Waals surface area contributed by atoms with E-state index in [-0.39, 0.29) is 28.6 Å². The van der Waals surface area contributed by atoms with E-state index in [0.717, 1.165) is 5.56 Å². The molecule has 1 heterocycles. The van der Waals surface area contributed by atoms with Crippen molar-refractivity contribution in [1.82, 2.24) is 0 Å². The molecule has 0 saturated heterocycles. The minimum Gasteiger partial charge on any atom is -0.489 e. The van der Waals surface area contributed by atoms with Crippen LogP contribution < -0.4 is 10.6 Å². The van der Waals surface area contributed by atoms with E-state index in [1.54, 1.807) is 18.2 Å². The van der Waals surface area contributed by atoms with E-state index in [9.17, 15) is 19.2 Å². The Morgan fingerprint density at radius 2 is 1.70 bits per heavy atom. The van der Waals surface area contributed by atoms with Gasteiger partial charge in [0.25, 0.3) is 5.91 Å². The van der Waals surface area contributed by atoms with Gasteiger partial charge in [0, 0.05) is 23.4 Å². The van der Waals surface area contributed by atoms with Crippen LogP contribution in [0.2, 0.25) is 0 Å². The smallest absolute Gasteiger partial charge is 0.260 e. The number of amides is 2. The van der Waals surface area contributed by atoms with Gasteiger partial charge >= 0.3 is 0 Å². The summed E-state index contributed by atoms with van der Waals surface area (Å²) in [6.45, 7) is 1.39. The lowest BCUT2D eigenvalue weighted by molar-refractivity contribution is -0.124. The van der Waals surface area contributed by atoms with Crippen molar-refractivity contribution in [2.24, 2.45) is 0 Å². The highest BCUT2D eigenvalue weighted by Crippen LogP contribution is 2.28. The molecule has 0 aromatic heterocycles. The van der Waals surface area contributed by atoms with Crippen LogP contribution in [0.25, 0.3) is 0 Å². The minimum atomic E-state index is -0.714. The van der Waals surface area contributed by atoms with Gasteiger partial charge in [-0.25, -0.2) is 0 Å². The molecule has 1 aliphatic carbocycles. The Hall–Kier alpha value is -3.42. The number of anilines is 2. The number of allylic oxidation sites excluding steroid dienone is 2. The van der Waals surface area contributed by atoms with Crippen molar-refractivity contribution in [2.75, 3.05) is 24.9 Å². The van der Waals surface area contributed by atoms with Gasteiger partial charge in [0.05, 0.1) is 19.8 Å². The first-order chi connectivity index (χ1) is 12.9. The van der Waals surface area contributed by atoms with Gasteiger partial charge in [0.15, 0.2) is 0 Å². The Bertz CT molecular complexity index is 942. The average molecular weight is 370 g/mol. The van der Waals surface area contributed by atoms with E-state index in [1.165, 1.54) is 21.1 Å². The highest BCUT2D eigenvalue weighted by atomic mass is 16.5. The molecule has 8 heteroatoms. The largest absolute Gasteiger partial charge is 0.489 e. The molecule has 0 saturated carbocycles. The zero-order valence-electron chi connectivity index (χ0n) is 15.1. The Morgan fingerprint density at radius 3 is 2.37 bits per heavy atom. The molecule has 8 nitrogen and oxygen atoms in total. The van der Waals surface area contributed by atoms with Gasteiger partial charge in [-0.3, -0.25) is 19.2 Å². The van der Waals surface area contributed by atoms with Crippen molar-refractivity contribution < 1.29 is 28.7 Å². The number of rotatable bonds is 4. The first-order valence-corrected chi connectivity index (χ1v) is 8.24. The molecule has 2 amide bonds. The lowest BCUT2D eigenvalue weighted by Crippen LogP contribution is -2.31. The van der Waals surface area contributed by atoms with Gasteiger partial charge in [0.2, 0.25) is 29.0 Å². The lowest BCUT2D eigenvalue weighted by atomic mass is 9.92. The predicted molar refractivity (Wildman–Crippen MR) is 95.8 cm³/mol. The molecule has 1 aromatic rings. The summed E-state index contributed by atoms with van der Waals surface area (Å²) in [6, 6.07) is 5.02. The molecular weight excluding hydrogens is 352 g/mol. The molecule has 2 N–H and O–H groups in total. The molecule has 3 rings (SSSR count). The Kier molecular flexibility index (Phi) is 4.81. The highest BCUT2D eigenvalue weighted by molar-refractivity contribution is 6.35. The molecular formula is C19H18N2O6. The number of nitrogens with one attached hydrogen (secondary N) is 2. The van der Waals surface area contributed by atoms with Crippen LogP contribution in [0, 0.1) is 0 Å². The third-order valence-corrected chi connectivity index (χ3v) is 4.46. The van der Waals surface area contributed by atoms with E-state index < -0.39 is 17.5 Å². The van der Waals surface area contributed by atoms with E-state index >= 15 is 0 Å². The second-order valence-corrected chi connectivity index (χ2v) is 6.10. The van der Waals surface area contributed by atoms with E-state index in [0.29, 0.717) is 24.2 Å². The molecule has 0 radical (unpaired) electrons. The summed E-state index contributed by atoms with van der Waals surface area (Å²) < 4.78 is 9.92. The SMILES string of the molecule is COC1=C(OC)C(=O)C(C(=O)Nc2ccc3c(c2)CCC(=O)N3)=C(C)C1=O. The standard InChI is InChI=1S/C19H18N2O6/c1-9-14(16(24)18(27-3)17(26-2)15(9)23)19(25)20-11-5-6-12-10(8-11)4-7-13(22)21-12/h5-6,8H,4,7H2,1-3H3,(H,20,25)(H,21,22). The van der Waals surface area contributed by atoms with Crippen molar-refractivity contribution in [3.05, 3.63) is 46.4 Å². The maximum Gasteiger partial charge on any atom is 0.260 e. The van der Waals surface area contributed by atoms with Gasteiger partial charge in [-0.2, -0.15) is 0 Å². The van der Waals surface area contributed by atoms with Crippen molar-refractivity contribution in [3.8, 4) is 0 Å². The van der Waals surface area contributed by atoms with E-state index in [2.05, 4.69) is 10.6 Å². The zero-order chi connectivity index (χ0) is 19.7. The van der Waals surface area contributed by atoms with Gasteiger partial charge in [-0.1, -0.05) is 0 Å². The average Bonchev–Trinajstić information content (AvgIpc) is 2.64. The number of methoxy groups -OCH3 is 2. The maximum absolute atomic E-state index is 12.7. The topological polar surface area (TPSA) is 111 Å². The third kappa shape index (κ3) is 3.21. The fourth-order valence-corrected chi connectivity index (χ4v) is 3.07. The van der Waals surface area contributed by atoms with Gasteiger partial charge in [-0.15, -0.1) is 0 Å². The first kappa shape index (κ1) is 18.4. The number of ketones is 2. The summed E-state index contributed by atoms with van der Waals surface area (Å²) in [5.41, 5.74) is 1.72. The summed E-state index contributed by atoms with van der Waals surface area (Å²) in [4.78, 5) is 49.1.